The highest BCUT2D eigenvalue weighted by molar-refractivity contribution is 8.14. The van der Waals surface area contributed by atoms with Crippen LogP contribution in [0.5, 0.6) is 0 Å². The van der Waals surface area contributed by atoms with Gasteiger partial charge in [0.15, 0.2) is 11.0 Å². The van der Waals surface area contributed by atoms with Crippen LogP contribution < -0.4 is 21.9 Å². The molecule has 9 nitrogen and oxygen atoms in total. The van der Waals surface area contributed by atoms with E-state index >= 15 is 0 Å². The summed E-state index contributed by atoms with van der Waals surface area (Å²) in [5.41, 5.74) is 6.29. The maximum atomic E-state index is 13.1. The van der Waals surface area contributed by atoms with E-state index < -0.39 is 23.1 Å². The molecule has 2 N–H and O–H groups in total. The molecule has 0 unspecified atom stereocenters. The largest absolute Gasteiger partial charge is 0.384 e. The number of amidine groups is 1. The molecule has 1 aromatic heterocycles. The summed E-state index contributed by atoms with van der Waals surface area (Å²) in [6.07, 6.45) is 0.617. The van der Waals surface area contributed by atoms with Gasteiger partial charge in [0.2, 0.25) is 0 Å². The molecule has 0 aliphatic carbocycles. The first-order chi connectivity index (χ1) is 15.6. The zero-order chi connectivity index (χ0) is 24.4. The van der Waals surface area contributed by atoms with Gasteiger partial charge in [0.05, 0.1) is 11.4 Å². The zero-order valence-electron chi connectivity index (χ0n) is 19.5. The van der Waals surface area contributed by atoms with Gasteiger partial charge in [0.1, 0.15) is 17.4 Å². The van der Waals surface area contributed by atoms with Crippen molar-refractivity contribution in [2.45, 2.75) is 46.7 Å². The monoisotopic (exact) mass is 471 g/mol. The van der Waals surface area contributed by atoms with Crippen molar-refractivity contribution in [3.63, 3.8) is 0 Å². The van der Waals surface area contributed by atoms with E-state index in [4.69, 9.17) is 5.73 Å². The number of benzene rings is 1. The summed E-state index contributed by atoms with van der Waals surface area (Å²) in [6, 6.07) is 6.93. The SMILES string of the molecule is CCCn1c(N)c(C(=O)CSC2=N[C@H](C(C)C)C(=O)N2c2ccc(C)cc2)c(=O)n(C)c1=O. The molecule has 0 fully saturated rings. The van der Waals surface area contributed by atoms with Gasteiger partial charge in [0, 0.05) is 13.6 Å². The van der Waals surface area contributed by atoms with Crippen LogP contribution in [-0.2, 0) is 18.4 Å². The molecular weight excluding hydrogens is 442 g/mol. The van der Waals surface area contributed by atoms with Gasteiger partial charge >= 0.3 is 5.69 Å². The Bertz CT molecular complexity index is 1230. The van der Waals surface area contributed by atoms with Crippen molar-refractivity contribution in [1.82, 2.24) is 9.13 Å². The number of aryl methyl sites for hydroxylation is 1. The van der Waals surface area contributed by atoms with Gasteiger partial charge in [-0.15, -0.1) is 0 Å². The van der Waals surface area contributed by atoms with Gasteiger partial charge < -0.3 is 5.73 Å². The van der Waals surface area contributed by atoms with Gasteiger partial charge in [-0.25, -0.2) is 9.79 Å². The second kappa shape index (κ2) is 9.78. The van der Waals surface area contributed by atoms with E-state index in [-0.39, 0.29) is 29.0 Å². The highest BCUT2D eigenvalue weighted by Gasteiger charge is 2.38. The Morgan fingerprint density at radius 3 is 2.39 bits per heavy atom. The number of nitrogens with zero attached hydrogens (tertiary/aromatic N) is 4. The lowest BCUT2D eigenvalue weighted by Gasteiger charge is -2.20. The van der Waals surface area contributed by atoms with Gasteiger partial charge in [0.25, 0.3) is 11.5 Å². The molecule has 0 bridgehead atoms. The minimum absolute atomic E-state index is 0.0141. The number of aromatic nitrogens is 2. The predicted molar refractivity (Wildman–Crippen MR) is 132 cm³/mol. The molecule has 0 saturated heterocycles. The van der Waals surface area contributed by atoms with Crippen LogP contribution in [0, 0.1) is 12.8 Å². The number of ketones is 1. The van der Waals surface area contributed by atoms with Gasteiger partial charge in [-0.3, -0.25) is 28.4 Å². The minimum Gasteiger partial charge on any atom is -0.384 e. The molecule has 33 heavy (non-hydrogen) atoms. The molecule has 1 atom stereocenters. The second-order valence-electron chi connectivity index (χ2n) is 8.38. The Kier molecular flexibility index (Phi) is 7.26. The Hall–Kier alpha value is -3.14. The summed E-state index contributed by atoms with van der Waals surface area (Å²) in [5.74, 6) is -0.968. The van der Waals surface area contributed by atoms with Gasteiger partial charge in [-0.2, -0.15) is 0 Å². The number of aliphatic imine (C=N–C) groups is 1. The number of Topliss-reactive ketones (excluding diaryl/α,β-unsaturated/α-hetero) is 1. The van der Waals surface area contributed by atoms with Crippen LogP contribution in [0.4, 0.5) is 11.5 Å². The summed E-state index contributed by atoms with van der Waals surface area (Å²) < 4.78 is 2.14. The number of carbonyl (C=O) groups excluding carboxylic acids is 2. The average molecular weight is 472 g/mol. The lowest BCUT2D eigenvalue weighted by Crippen LogP contribution is -2.43. The normalized spacial score (nSPS) is 15.9. The van der Waals surface area contributed by atoms with Crippen molar-refractivity contribution in [3.8, 4) is 0 Å². The third-order valence-electron chi connectivity index (χ3n) is 5.48. The predicted octanol–water partition coefficient (Wildman–Crippen LogP) is 2.19. The Labute approximate surface area is 196 Å². The molecule has 2 heterocycles. The van der Waals surface area contributed by atoms with Crippen LogP contribution in [0.1, 0.15) is 43.1 Å². The summed E-state index contributed by atoms with van der Waals surface area (Å²) in [5, 5.41) is 0.396. The lowest BCUT2D eigenvalue weighted by atomic mass is 10.0. The first kappa shape index (κ1) is 24.5. The van der Waals surface area contributed by atoms with E-state index in [0.717, 1.165) is 21.9 Å². The van der Waals surface area contributed by atoms with E-state index in [2.05, 4.69) is 4.99 Å². The van der Waals surface area contributed by atoms with E-state index in [9.17, 15) is 19.2 Å². The van der Waals surface area contributed by atoms with E-state index in [1.165, 1.54) is 16.5 Å². The first-order valence-electron chi connectivity index (χ1n) is 10.8. The van der Waals surface area contributed by atoms with E-state index in [0.29, 0.717) is 23.8 Å². The fourth-order valence-corrected chi connectivity index (χ4v) is 4.53. The van der Waals surface area contributed by atoms with Crippen LogP contribution >= 0.6 is 11.8 Å². The third kappa shape index (κ3) is 4.66. The van der Waals surface area contributed by atoms with E-state index in [1.807, 2.05) is 52.0 Å². The smallest absolute Gasteiger partial charge is 0.332 e. The van der Waals surface area contributed by atoms with Crippen LogP contribution in [0.25, 0.3) is 0 Å². The third-order valence-corrected chi connectivity index (χ3v) is 6.43. The summed E-state index contributed by atoms with van der Waals surface area (Å²) in [7, 11) is 1.33. The molecule has 1 aliphatic rings. The maximum absolute atomic E-state index is 13.1. The van der Waals surface area contributed by atoms with Crippen molar-refractivity contribution in [3.05, 3.63) is 56.2 Å². The Balaban J connectivity index is 1.93. The number of hydrogen-bond donors (Lipinski definition) is 1. The van der Waals surface area contributed by atoms with Crippen LogP contribution in [0.3, 0.4) is 0 Å². The molecule has 176 valence electrons. The lowest BCUT2D eigenvalue weighted by molar-refractivity contribution is -0.118. The fraction of sp³-hybridized carbons (Fsp3) is 0.435. The summed E-state index contributed by atoms with van der Waals surface area (Å²) >= 11 is 1.08. The number of rotatable bonds is 7. The van der Waals surface area contributed by atoms with E-state index in [1.54, 1.807) is 0 Å². The number of carbonyl (C=O) groups is 2. The van der Waals surface area contributed by atoms with Crippen molar-refractivity contribution in [2.75, 3.05) is 16.4 Å². The van der Waals surface area contributed by atoms with Crippen molar-refractivity contribution < 1.29 is 9.59 Å². The number of nitrogen functional groups attached to an aromatic ring is 1. The molecule has 0 radical (unpaired) electrons. The number of anilines is 2. The Morgan fingerprint density at radius 2 is 1.82 bits per heavy atom. The second-order valence-corrected chi connectivity index (χ2v) is 9.32. The highest BCUT2D eigenvalue weighted by Crippen LogP contribution is 2.30. The molecule has 0 saturated carbocycles. The van der Waals surface area contributed by atoms with Crippen LogP contribution in [0.15, 0.2) is 38.8 Å². The quantitative estimate of drug-likeness (QED) is 0.618. The first-order valence-corrected chi connectivity index (χ1v) is 11.8. The Morgan fingerprint density at radius 1 is 1.18 bits per heavy atom. The molecule has 3 rings (SSSR count). The fourth-order valence-electron chi connectivity index (χ4n) is 3.61. The molecule has 1 aliphatic heterocycles. The average Bonchev–Trinajstić information content (AvgIpc) is 3.11. The summed E-state index contributed by atoms with van der Waals surface area (Å²) in [6.45, 7) is 7.95. The standard InChI is InChI=1S/C23H29N5O4S/c1-6-11-27-19(24)17(20(30)26(5)23(27)32)16(29)12-33-22-25-18(13(2)3)21(31)28(22)15-9-7-14(4)8-10-15/h7-10,13,18H,6,11-12,24H2,1-5H3/t18-/m1/s1. The van der Waals surface area contributed by atoms with Crippen LogP contribution in [0.2, 0.25) is 0 Å². The highest BCUT2D eigenvalue weighted by atomic mass is 32.2. The molecule has 1 amide bonds. The summed E-state index contributed by atoms with van der Waals surface area (Å²) in [4.78, 5) is 57.2. The van der Waals surface area contributed by atoms with Crippen LogP contribution in [-0.4, -0.2) is 37.8 Å². The van der Waals surface area contributed by atoms with Gasteiger partial charge in [-0.1, -0.05) is 50.2 Å². The van der Waals surface area contributed by atoms with Gasteiger partial charge in [-0.05, 0) is 31.4 Å². The minimum atomic E-state index is -0.727. The van der Waals surface area contributed by atoms with Crippen molar-refractivity contribution >= 4 is 40.1 Å². The van der Waals surface area contributed by atoms with Crippen molar-refractivity contribution in [2.24, 2.45) is 18.0 Å². The molecular formula is C23H29N5O4S. The number of amides is 1. The zero-order valence-corrected chi connectivity index (χ0v) is 20.3. The maximum Gasteiger partial charge on any atom is 0.332 e. The molecule has 2 aromatic rings. The van der Waals surface area contributed by atoms with Crippen molar-refractivity contribution in [1.29, 1.82) is 0 Å². The molecule has 1 aromatic carbocycles. The topological polar surface area (TPSA) is 120 Å². The number of hydrogen-bond acceptors (Lipinski definition) is 7. The number of thioether (sulfide) groups is 1. The molecule has 0 spiro atoms. The number of nitrogens with two attached hydrogens (primary N) is 1. The molecule has 10 heteroatoms.